The highest BCUT2D eigenvalue weighted by Gasteiger charge is 2.19. The van der Waals surface area contributed by atoms with E-state index in [1.165, 1.54) is 0 Å². The third kappa shape index (κ3) is 2.45. The molecule has 0 radical (unpaired) electrons. The number of hydrogen-bond donors (Lipinski definition) is 1. The molecule has 1 aliphatic heterocycles. The van der Waals surface area contributed by atoms with Gasteiger partial charge in [0, 0.05) is 18.8 Å². The van der Waals surface area contributed by atoms with Crippen molar-refractivity contribution >= 4 is 11.7 Å². The second-order valence-electron chi connectivity index (χ2n) is 3.73. The van der Waals surface area contributed by atoms with E-state index in [2.05, 4.69) is 16.8 Å². The minimum atomic E-state index is 0.0874. The third-order valence-corrected chi connectivity index (χ3v) is 2.60. The second kappa shape index (κ2) is 4.88. The molecule has 1 aromatic carbocycles. The molecule has 16 heavy (non-hydrogen) atoms. The van der Waals surface area contributed by atoms with Gasteiger partial charge in [-0.25, -0.2) is 4.99 Å². The first kappa shape index (κ1) is 9.51. The number of nitrogens with two attached hydrogens (primary N) is 1. The molecule has 0 spiro atoms. The van der Waals surface area contributed by atoms with E-state index in [9.17, 15) is 0 Å². The molecule has 0 unspecified atom stereocenters. The molecule has 0 amide bonds. The van der Waals surface area contributed by atoms with E-state index >= 15 is 0 Å². The number of amidine groups is 1. The average molecular weight is 221 g/mol. The lowest BCUT2D eigenvalue weighted by molar-refractivity contribution is 0.313. The van der Waals surface area contributed by atoms with Crippen LogP contribution in [0.1, 0.15) is 8.29 Å². The Hall–Kier alpha value is -1.71. The number of ether oxygens (including phenoxy) is 1. The predicted octanol–water partition coefficient (Wildman–Crippen LogP) is 1.23. The van der Waals surface area contributed by atoms with Crippen molar-refractivity contribution < 1.29 is 6.11 Å². The van der Waals surface area contributed by atoms with E-state index in [1.807, 2.05) is 18.2 Å². The van der Waals surface area contributed by atoms with E-state index in [-0.39, 0.29) is 12.1 Å². The normalized spacial score (nSPS) is 19.9. The molecule has 2 N–H and O–H groups in total. The number of hydrogen-bond acceptors (Lipinski definition) is 4. The highest BCUT2D eigenvalue weighted by atomic mass is 16.5. The van der Waals surface area contributed by atoms with E-state index in [0.29, 0.717) is 12.6 Å². The van der Waals surface area contributed by atoms with Gasteiger partial charge in [-0.2, -0.15) is 0 Å². The summed E-state index contributed by atoms with van der Waals surface area (Å²) in [5.41, 5.74) is 6.53. The lowest BCUT2D eigenvalue weighted by Gasteiger charge is -2.24. The van der Waals surface area contributed by atoms with Crippen LogP contribution in [0.4, 0.5) is 5.69 Å². The number of benzene rings is 1. The fourth-order valence-corrected chi connectivity index (χ4v) is 1.78. The third-order valence-electron chi connectivity index (χ3n) is 2.60. The first-order chi connectivity index (χ1) is 8.19. The zero-order valence-electron chi connectivity index (χ0n) is 10.4. The van der Waals surface area contributed by atoms with Crippen LogP contribution in [0.25, 0.3) is 0 Å². The van der Waals surface area contributed by atoms with Crippen molar-refractivity contribution in [3.8, 4) is 0 Å². The van der Waals surface area contributed by atoms with Crippen molar-refractivity contribution in [2.75, 3.05) is 24.6 Å². The summed E-state index contributed by atoms with van der Waals surface area (Å²) in [4.78, 5) is 6.38. The van der Waals surface area contributed by atoms with Crippen LogP contribution in [-0.4, -0.2) is 31.8 Å². The first-order valence-electron chi connectivity index (χ1n) is 5.96. The second-order valence-corrected chi connectivity index (χ2v) is 3.73. The Bertz CT molecular complexity index is 422. The van der Waals surface area contributed by atoms with Crippen molar-refractivity contribution in [2.24, 2.45) is 10.7 Å². The van der Waals surface area contributed by atoms with Crippen LogP contribution in [0, 0.1) is 0 Å². The maximum atomic E-state index is 7.62. The molecule has 0 aromatic heterocycles. The summed E-state index contributed by atoms with van der Waals surface area (Å²) in [6, 6.07) is 8.41. The quantitative estimate of drug-likeness (QED) is 0.832. The Labute approximate surface area is 97.1 Å². The van der Waals surface area contributed by atoms with E-state index in [4.69, 9.17) is 11.8 Å². The van der Waals surface area contributed by atoms with Gasteiger partial charge in [0.25, 0.3) is 6.02 Å². The zero-order valence-corrected chi connectivity index (χ0v) is 9.39. The molecule has 86 valence electrons. The monoisotopic (exact) mass is 221 g/mol. The summed E-state index contributed by atoms with van der Waals surface area (Å²) in [5, 5.41) is 0. The maximum Gasteiger partial charge on any atom is 0.282 e. The highest BCUT2D eigenvalue weighted by Crippen LogP contribution is 2.15. The Balaban J connectivity index is 2.06. The van der Waals surface area contributed by atoms with Gasteiger partial charge in [0.05, 0.1) is 1.37 Å². The standard InChI is InChI=1S/C12H17N3O/c1-2-15(11-6-4-3-5-7-11)8-10-9-16-12(13)14-10/h3-7,10H,2,8-9H2,1H3,(H2,13,14)/t10-/m0/s1/i4T. The molecule has 1 heterocycles. The van der Waals surface area contributed by atoms with Crippen LogP contribution in [0.2, 0.25) is 0 Å². The topological polar surface area (TPSA) is 50.9 Å². The van der Waals surface area contributed by atoms with Gasteiger partial charge < -0.3 is 15.4 Å². The number of rotatable bonds is 4. The molecule has 1 aliphatic rings. The van der Waals surface area contributed by atoms with Crippen molar-refractivity contribution in [1.82, 2.24) is 0 Å². The maximum absolute atomic E-state index is 7.62. The van der Waals surface area contributed by atoms with Gasteiger partial charge in [-0.15, -0.1) is 0 Å². The number of anilines is 1. The van der Waals surface area contributed by atoms with Gasteiger partial charge in [0.1, 0.15) is 12.6 Å². The summed E-state index contributed by atoms with van der Waals surface area (Å²) >= 11 is 0. The molecule has 1 atom stereocenters. The van der Waals surface area contributed by atoms with Gasteiger partial charge in [0.2, 0.25) is 0 Å². The fraction of sp³-hybridized carbons (Fsp3) is 0.417. The van der Waals surface area contributed by atoms with Crippen molar-refractivity contribution in [2.45, 2.75) is 13.0 Å². The van der Waals surface area contributed by atoms with Crippen LogP contribution in [0.3, 0.4) is 0 Å². The number of likely N-dealkylation sites (N-methyl/N-ethyl adjacent to an activating group) is 1. The molecular weight excluding hydrogens is 202 g/mol. The summed E-state index contributed by atoms with van der Waals surface area (Å²) in [6.45, 7) is 4.26. The highest BCUT2D eigenvalue weighted by molar-refractivity contribution is 5.73. The van der Waals surface area contributed by atoms with Crippen LogP contribution in [0.15, 0.2) is 35.3 Å². The lowest BCUT2D eigenvalue weighted by atomic mass is 10.2. The van der Waals surface area contributed by atoms with E-state index in [0.717, 1.165) is 18.8 Å². The van der Waals surface area contributed by atoms with Crippen molar-refractivity contribution in [1.29, 1.82) is 0 Å². The average Bonchev–Trinajstić information content (AvgIpc) is 2.72. The Morgan fingerprint density at radius 3 is 3.12 bits per heavy atom. The van der Waals surface area contributed by atoms with Crippen molar-refractivity contribution in [3.63, 3.8) is 0 Å². The minimum absolute atomic E-state index is 0.0874. The first-order valence-corrected chi connectivity index (χ1v) is 5.46. The van der Waals surface area contributed by atoms with Crippen LogP contribution in [0.5, 0.6) is 0 Å². The fourth-order valence-electron chi connectivity index (χ4n) is 1.78. The largest absolute Gasteiger partial charge is 0.463 e. The Morgan fingerprint density at radius 2 is 2.50 bits per heavy atom. The molecule has 4 nitrogen and oxygen atoms in total. The molecule has 1 aromatic rings. The molecule has 0 saturated carbocycles. The molecule has 4 heteroatoms. The Kier molecular flexibility index (Phi) is 2.90. The molecule has 0 bridgehead atoms. The van der Waals surface area contributed by atoms with Crippen LogP contribution < -0.4 is 10.6 Å². The van der Waals surface area contributed by atoms with Gasteiger partial charge in [0.15, 0.2) is 0 Å². The van der Waals surface area contributed by atoms with E-state index < -0.39 is 0 Å². The van der Waals surface area contributed by atoms with Crippen LogP contribution in [-0.2, 0) is 4.74 Å². The predicted molar refractivity (Wildman–Crippen MR) is 65.7 cm³/mol. The molecule has 0 aliphatic carbocycles. The van der Waals surface area contributed by atoms with E-state index in [1.54, 1.807) is 6.07 Å². The van der Waals surface area contributed by atoms with Gasteiger partial charge >= 0.3 is 0 Å². The van der Waals surface area contributed by atoms with Crippen molar-refractivity contribution in [3.05, 3.63) is 30.3 Å². The summed E-state index contributed by atoms with van der Waals surface area (Å²) in [6.07, 6.45) is 0. The molecular formula is C12H17N3O. The molecule has 0 saturated heterocycles. The van der Waals surface area contributed by atoms with Crippen LogP contribution >= 0.6 is 0 Å². The molecule has 0 fully saturated rings. The number of aliphatic imine (C=N–C) groups is 1. The van der Waals surface area contributed by atoms with Gasteiger partial charge in [-0.3, -0.25) is 0 Å². The summed E-state index contributed by atoms with van der Waals surface area (Å²) in [5.74, 6) is 0. The minimum Gasteiger partial charge on any atom is -0.463 e. The lowest BCUT2D eigenvalue weighted by Crippen LogP contribution is -2.32. The Morgan fingerprint density at radius 1 is 1.62 bits per heavy atom. The summed E-state index contributed by atoms with van der Waals surface area (Å²) in [7, 11) is 0. The zero-order chi connectivity index (χ0) is 12.3. The number of para-hydroxylation sites is 1. The smallest absolute Gasteiger partial charge is 0.282 e. The van der Waals surface area contributed by atoms with Gasteiger partial charge in [-0.05, 0) is 19.1 Å². The summed E-state index contributed by atoms with van der Waals surface area (Å²) < 4.78 is 12.8. The van der Waals surface area contributed by atoms with Gasteiger partial charge in [-0.1, -0.05) is 18.2 Å². The SMILES string of the molecule is [3H]c1cccc(N(CC)C[C@H]2COC(N)=N2)c1. The number of nitrogens with zero attached hydrogens (tertiary/aromatic N) is 2. The molecule has 2 rings (SSSR count).